The largest absolute Gasteiger partial charge is 0.326 e. The third kappa shape index (κ3) is 4.42. The van der Waals surface area contributed by atoms with E-state index < -0.39 is 0 Å². The van der Waals surface area contributed by atoms with Crippen molar-refractivity contribution in [3.05, 3.63) is 58.9 Å². The van der Waals surface area contributed by atoms with Crippen molar-refractivity contribution in [1.29, 1.82) is 0 Å². The number of hydrogen-bond donors (Lipinski definition) is 2. The summed E-state index contributed by atoms with van der Waals surface area (Å²) in [7, 11) is 0. The van der Waals surface area contributed by atoms with Crippen LogP contribution in [0, 0.1) is 11.7 Å². The van der Waals surface area contributed by atoms with Gasteiger partial charge in [-0.25, -0.2) is 0 Å². The van der Waals surface area contributed by atoms with E-state index >= 15 is 0 Å². The van der Waals surface area contributed by atoms with Crippen LogP contribution in [0.1, 0.15) is 12.0 Å². The minimum atomic E-state index is -0.0544. The molecular formula is C19H20N4OS2. The fourth-order valence-corrected chi connectivity index (χ4v) is 3.27. The van der Waals surface area contributed by atoms with E-state index in [1.807, 2.05) is 66.3 Å². The van der Waals surface area contributed by atoms with Gasteiger partial charge in [0.05, 0.1) is 0 Å². The molecule has 0 aliphatic carbocycles. The summed E-state index contributed by atoms with van der Waals surface area (Å²) in [6.45, 7) is 2.50. The van der Waals surface area contributed by atoms with Gasteiger partial charge >= 0.3 is 0 Å². The molecule has 3 rings (SSSR count). The quantitative estimate of drug-likeness (QED) is 0.479. The average Bonchev–Trinajstić information content (AvgIpc) is 3.01. The molecular weight excluding hydrogens is 364 g/mol. The highest BCUT2D eigenvalue weighted by atomic mass is 32.2. The lowest BCUT2D eigenvalue weighted by molar-refractivity contribution is -0.116. The summed E-state index contributed by atoms with van der Waals surface area (Å²) in [6.07, 6.45) is 2.32. The lowest BCUT2D eigenvalue weighted by Crippen LogP contribution is -2.15. The zero-order chi connectivity index (χ0) is 18.5. The number of anilines is 1. The predicted molar refractivity (Wildman–Crippen MR) is 109 cm³/mol. The third-order valence-corrected chi connectivity index (χ3v) is 5.02. The highest BCUT2D eigenvalue weighted by Crippen LogP contribution is 2.20. The molecule has 2 aromatic carbocycles. The Bertz CT molecular complexity index is 960. The monoisotopic (exact) mass is 384 g/mol. The van der Waals surface area contributed by atoms with E-state index in [4.69, 9.17) is 12.2 Å². The van der Waals surface area contributed by atoms with Crippen LogP contribution >= 0.6 is 24.0 Å². The van der Waals surface area contributed by atoms with Crippen molar-refractivity contribution in [2.24, 2.45) is 0 Å². The number of aromatic amines is 1. The van der Waals surface area contributed by atoms with Crippen LogP contribution < -0.4 is 5.32 Å². The number of aryl methyl sites for hydroxylation is 1. The summed E-state index contributed by atoms with van der Waals surface area (Å²) in [5, 5.41) is 10.1. The summed E-state index contributed by atoms with van der Waals surface area (Å²) in [6, 6.07) is 15.9. The van der Waals surface area contributed by atoms with Gasteiger partial charge in [0, 0.05) is 29.1 Å². The minimum absolute atomic E-state index is 0.0544. The lowest BCUT2D eigenvalue weighted by atomic mass is 10.1. The summed E-state index contributed by atoms with van der Waals surface area (Å²) in [5.41, 5.74) is 2.95. The van der Waals surface area contributed by atoms with Crippen LogP contribution in [0.3, 0.4) is 0 Å². The van der Waals surface area contributed by atoms with E-state index in [2.05, 4.69) is 15.5 Å². The van der Waals surface area contributed by atoms with Gasteiger partial charge in [0.25, 0.3) is 0 Å². The molecule has 0 atom stereocenters. The number of carbonyl (C=O) groups excluding carboxylic acids is 1. The molecule has 0 radical (unpaired) electrons. The fourth-order valence-electron chi connectivity index (χ4n) is 2.59. The van der Waals surface area contributed by atoms with Crippen molar-refractivity contribution in [3.63, 3.8) is 0 Å². The Morgan fingerprint density at radius 1 is 1.27 bits per heavy atom. The molecule has 1 heterocycles. The first-order valence-corrected chi connectivity index (χ1v) is 9.86. The van der Waals surface area contributed by atoms with Gasteiger partial charge in [-0.05, 0) is 43.6 Å². The second-order valence-electron chi connectivity index (χ2n) is 5.90. The molecule has 0 aliphatic heterocycles. The molecule has 3 aromatic rings. The van der Waals surface area contributed by atoms with Gasteiger partial charge in [-0.1, -0.05) is 35.9 Å². The predicted octanol–water partition coefficient (Wildman–Crippen LogP) is 4.67. The first-order chi connectivity index (χ1) is 12.6. The zero-order valence-electron chi connectivity index (χ0n) is 14.7. The molecule has 0 unspecified atom stereocenters. The zero-order valence-corrected chi connectivity index (χ0v) is 16.3. The maximum Gasteiger partial charge on any atom is 0.226 e. The smallest absolute Gasteiger partial charge is 0.226 e. The van der Waals surface area contributed by atoms with E-state index in [0.29, 0.717) is 17.7 Å². The molecule has 1 amide bonds. The van der Waals surface area contributed by atoms with Crippen LogP contribution in [-0.4, -0.2) is 26.9 Å². The summed E-state index contributed by atoms with van der Waals surface area (Å²) in [5.74, 6) is 0.688. The van der Waals surface area contributed by atoms with Gasteiger partial charge in [0.1, 0.15) is 0 Å². The van der Waals surface area contributed by atoms with Crippen LogP contribution in [-0.2, 0) is 11.3 Å². The maximum atomic E-state index is 12.3. The van der Waals surface area contributed by atoms with Crippen LogP contribution in [0.25, 0.3) is 11.4 Å². The second-order valence-corrected chi connectivity index (χ2v) is 7.17. The molecule has 0 saturated heterocycles. The van der Waals surface area contributed by atoms with Gasteiger partial charge in [0.2, 0.25) is 5.91 Å². The van der Waals surface area contributed by atoms with Crippen molar-refractivity contribution in [3.8, 4) is 11.4 Å². The second kappa shape index (κ2) is 8.33. The number of nitrogens with zero attached hydrogens (tertiary/aromatic N) is 2. The number of nitrogens with one attached hydrogen (secondary N) is 2. The topological polar surface area (TPSA) is 62.7 Å². The van der Waals surface area contributed by atoms with Crippen LogP contribution in [0.4, 0.5) is 5.69 Å². The molecule has 2 N–H and O–H groups in total. The number of amides is 1. The molecule has 1 aromatic heterocycles. The van der Waals surface area contributed by atoms with Crippen molar-refractivity contribution in [1.82, 2.24) is 14.8 Å². The van der Waals surface area contributed by atoms with Gasteiger partial charge in [-0.2, -0.15) is 5.10 Å². The summed E-state index contributed by atoms with van der Waals surface area (Å²) >= 11 is 6.97. The first-order valence-electron chi connectivity index (χ1n) is 8.23. The highest BCUT2D eigenvalue weighted by molar-refractivity contribution is 7.98. The van der Waals surface area contributed by atoms with Gasteiger partial charge < -0.3 is 5.32 Å². The van der Waals surface area contributed by atoms with Gasteiger partial charge in [-0.15, -0.1) is 11.8 Å². The Labute approximate surface area is 161 Å². The molecule has 5 nitrogen and oxygen atoms in total. The number of benzene rings is 2. The van der Waals surface area contributed by atoms with E-state index in [9.17, 15) is 4.79 Å². The van der Waals surface area contributed by atoms with Crippen LogP contribution in [0.15, 0.2) is 53.4 Å². The fraction of sp³-hybridized carbons (Fsp3) is 0.211. The van der Waals surface area contributed by atoms with Crippen molar-refractivity contribution >= 4 is 35.6 Å². The average molecular weight is 385 g/mol. The molecule has 26 heavy (non-hydrogen) atoms. The Morgan fingerprint density at radius 2 is 2.04 bits per heavy atom. The summed E-state index contributed by atoms with van der Waals surface area (Å²) in [4.78, 5) is 13.4. The standard InChI is InChI=1S/C19H20N4OS2/c1-13-6-8-14(9-7-13)18-21-22-19(25)23(18)11-10-17(24)20-15-4-3-5-16(12-15)26-2/h3-9,12H,10-11H2,1-2H3,(H,20,24)(H,22,25). The van der Waals surface area contributed by atoms with Gasteiger partial charge in [-0.3, -0.25) is 14.5 Å². The SMILES string of the molecule is CSc1cccc(NC(=O)CCn2c(-c3ccc(C)cc3)n[nH]c2=S)c1. The molecule has 0 saturated carbocycles. The molecule has 0 spiro atoms. The van der Waals surface area contributed by atoms with E-state index in [1.165, 1.54) is 5.56 Å². The number of rotatable bonds is 6. The normalized spacial score (nSPS) is 10.7. The van der Waals surface area contributed by atoms with Gasteiger partial charge in [0.15, 0.2) is 10.6 Å². The maximum absolute atomic E-state index is 12.3. The molecule has 0 bridgehead atoms. The number of thioether (sulfide) groups is 1. The van der Waals surface area contributed by atoms with Crippen LogP contribution in [0.5, 0.6) is 0 Å². The van der Waals surface area contributed by atoms with Crippen molar-refractivity contribution < 1.29 is 4.79 Å². The Balaban J connectivity index is 1.69. The lowest BCUT2D eigenvalue weighted by Gasteiger charge is -2.09. The number of H-pyrrole nitrogens is 1. The molecule has 134 valence electrons. The molecule has 0 fully saturated rings. The number of carbonyl (C=O) groups is 1. The number of hydrogen-bond acceptors (Lipinski definition) is 4. The summed E-state index contributed by atoms with van der Waals surface area (Å²) < 4.78 is 2.37. The van der Waals surface area contributed by atoms with Crippen molar-refractivity contribution in [2.75, 3.05) is 11.6 Å². The van der Waals surface area contributed by atoms with Crippen molar-refractivity contribution in [2.45, 2.75) is 24.8 Å². The number of aromatic nitrogens is 3. The Kier molecular flexibility index (Phi) is 5.90. The van der Waals surface area contributed by atoms with E-state index in [-0.39, 0.29) is 5.91 Å². The minimum Gasteiger partial charge on any atom is -0.326 e. The first kappa shape index (κ1) is 18.4. The van der Waals surface area contributed by atoms with E-state index in [0.717, 1.165) is 22.0 Å². The van der Waals surface area contributed by atoms with Crippen LogP contribution in [0.2, 0.25) is 0 Å². The Hall–Kier alpha value is -2.38. The molecule has 0 aliphatic rings. The Morgan fingerprint density at radius 3 is 2.77 bits per heavy atom. The van der Waals surface area contributed by atoms with E-state index in [1.54, 1.807) is 11.8 Å². The molecule has 7 heteroatoms. The highest BCUT2D eigenvalue weighted by Gasteiger charge is 2.11. The third-order valence-electron chi connectivity index (χ3n) is 3.98.